The lowest BCUT2D eigenvalue weighted by Crippen LogP contribution is -2.38. The molecule has 0 bridgehead atoms. The zero-order chi connectivity index (χ0) is 44.4. The van der Waals surface area contributed by atoms with Gasteiger partial charge in [-0.15, -0.1) is 23.5 Å². The van der Waals surface area contributed by atoms with Crippen molar-refractivity contribution in [1.29, 1.82) is 0 Å². The highest BCUT2D eigenvalue weighted by Crippen LogP contribution is 2.38. The van der Waals surface area contributed by atoms with Gasteiger partial charge in [0.15, 0.2) is 17.9 Å². The van der Waals surface area contributed by atoms with Gasteiger partial charge < -0.3 is 60.8 Å². The number of benzene rings is 3. The highest BCUT2D eigenvalue weighted by molar-refractivity contribution is 7.99. The van der Waals surface area contributed by atoms with E-state index in [2.05, 4.69) is 51.7 Å². The number of amides is 2. The number of aliphatic imine (C=N–C) groups is 3. The van der Waals surface area contributed by atoms with Gasteiger partial charge in [0, 0.05) is 40.0 Å². The lowest BCUT2D eigenvalue weighted by molar-refractivity contribution is -0.0403. The first-order valence-corrected chi connectivity index (χ1v) is 22.1. The van der Waals surface area contributed by atoms with Gasteiger partial charge >= 0.3 is 0 Å². The number of unbranched alkanes of at least 4 members (excludes halogenated alkanes) is 1. The molecule has 2 amide bonds. The topological polar surface area (TPSA) is 299 Å². The van der Waals surface area contributed by atoms with Crippen molar-refractivity contribution in [2.75, 3.05) is 59.8 Å². The Balaban J connectivity index is 2.09. The number of nitrogens with zero attached hydrogens (tertiary/aromatic N) is 3. The first-order valence-electron chi connectivity index (χ1n) is 20.1. The molecule has 0 saturated heterocycles. The molecule has 0 aliphatic heterocycles. The molecule has 0 aliphatic rings. The van der Waals surface area contributed by atoms with Gasteiger partial charge in [-0.05, 0) is 93.6 Å². The quantitative estimate of drug-likeness (QED) is 0.0193. The van der Waals surface area contributed by atoms with Crippen molar-refractivity contribution in [2.24, 2.45) is 43.6 Å². The maximum atomic E-state index is 14.7. The lowest BCUT2D eigenvalue weighted by Gasteiger charge is -2.32. The van der Waals surface area contributed by atoms with E-state index in [0.29, 0.717) is 81.6 Å². The van der Waals surface area contributed by atoms with Gasteiger partial charge in [-0.3, -0.25) is 24.6 Å². The number of hydrogen-bond donors (Lipinski definition) is 10. The number of anilines is 4. The number of carbonyl (C=O) groups is 2. The van der Waals surface area contributed by atoms with E-state index in [0.717, 1.165) is 36.8 Å². The fraction of sp³-hybridized carbons (Fsp3) is 0.452. The lowest BCUT2D eigenvalue weighted by atomic mass is 9.85. The Hall–Kier alpha value is -5.33. The Morgan fingerprint density at radius 1 is 0.767 bits per heavy atom. The van der Waals surface area contributed by atoms with E-state index in [1.54, 1.807) is 18.2 Å². The molecule has 17 N–H and O–H groups in total. The van der Waals surface area contributed by atoms with Crippen LogP contribution in [0.5, 0.6) is 0 Å². The van der Waals surface area contributed by atoms with Crippen molar-refractivity contribution in [1.82, 2.24) is 5.32 Å². The van der Waals surface area contributed by atoms with Crippen molar-refractivity contribution >= 4 is 76.0 Å². The second-order valence-electron chi connectivity index (χ2n) is 14.7. The second kappa shape index (κ2) is 24.1. The number of carbonyl (C=O) groups excluding carboxylic acids is 2. The SMILES string of the molecule is CCCCC(C)(OCCN=C(N)NC(C)CCC)c1ccc(C(=O)Nc2cc(C)cc(N)c2SCCN=C(N)N)cc1C(=O)Nc1cc(C)cc(N)c1SCCN=C(N)N. The number of nitrogens with two attached hydrogens (primary N) is 7. The van der Waals surface area contributed by atoms with Gasteiger partial charge in [0.05, 0.1) is 53.0 Å². The number of rotatable bonds is 23. The molecule has 18 heteroatoms. The summed E-state index contributed by atoms with van der Waals surface area (Å²) in [6, 6.07) is 12.6. The molecule has 2 atom stereocenters. The zero-order valence-electron chi connectivity index (χ0n) is 35.8. The van der Waals surface area contributed by atoms with Gasteiger partial charge in [-0.2, -0.15) is 0 Å². The fourth-order valence-electron chi connectivity index (χ4n) is 6.51. The smallest absolute Gasteiger partial charge is 0.256 e. The summed E-state index contributed by atoms with van der Waals surface area (Å²) in [5.41, 5.74) is 45.1. The third kappa shape index (κ3) is 15.4. The average molecular weight is 864 g/mol. The van der Waals surface area contributed by atoms with E-state index < -0.39 is 17.4 Å². The Kier molecular flexibility index (Phi) is 19.7. The third-order valence-corrected chi connectivity index (χ3v) is 11.6. The zero-order valence-corrected chi connectivity index (χ0v) is 37.5. The monoisotopic (exact) mass is 863 g/mol. The molecule has 3 aromatic carbocycles. The van der Waals surface area contributed by atoms with Crippen LogP contribution in [0.3, 0.4) is 0 Å². The highest BCUT2D eigenvalue weighted by atomic mass is 32.2. The predicted molar refractivity (Wildman–Crippen MR) is 253 cm³/mol. The van der Waals surface area contributed by atoms with Crippen LogP contribution in [0.15, 0.2) is 67.2 Å². The molecule has 0 spiro atoms. The highest BCUT2D eigenvalue weighted by Gasteiger charge is 2.33. The van der Waals surface area contributed by atoms with E-state index >= 15 is 0 Å². The van der Waals surface area contributed by atoms with Crippen LogP contribution < -0.4 is 56.1 Å². The second-order valence-corrected chi connectivity index (χ2v) is 16.9. The molecule has 328 valence electrons. The first kappa shape index (κ1) is 49.0. The standard InChI is InChI=1S/C42H65N13O3S2/c1-7-9-13-42(6,58-17-14-52-41(49)53-27(5)10-8-2)30-12-11-28(37(56)54-33-22-25(3)20-31(43)35(33)59-18-15-50-39(45)46)24-29(30)38(57)55-34-23-26(4)21-32(44)36(34)60-19-16-51-40(47)48/h11-12,20-24,27H,7-10,13-19,43-44H2,1-6H3,(H,54,56)(H,55,57)(H4,45,46,50)(H4,47,48,51)(H3,49,52,53). The molecule has 0 fully saturated rings. The van der Waals surface area contributed by atoms with Crippen LogP contribution in [-0.2, 0) is 10.3 Å². The van der Waals surface area contributed by atoms with E-state index in [1.807, 2.05) is 45.0 Å². The molecule has 0 aliphatic carbocycles. The van der Waals surface area contributed by atoms with Crippen LogP contribution in [0.2, 0.25) is 0 Å². The van der Waals surface area contributed by atoms with Crippen LogP contribution in [0.25, 0.3) is 0 Å². The maximum Gasteiger partial charge on any atom is 0.256 e. The van der Waals surface area contributed by atoms with Crippen molar-refractivity contribution < 1.29 is 14.3 Å². The van der Waals surface area contributed by atoms with Crippen molar-refractivity contribution in [2.45, 2.75) is 95.1 Å². The van der Waals surface area contributed by atoms with E-state index in [9.17, 15) is 9.59 Å². The van der Waals surface area contributed by atoms with E-state index in [-0.39, 0.29) is 35.7 Å². The molecule has 0 heterocycles. The van der Waals surface area contributed by atoms with Crippen molar-refractivity contribution in [3.05, 3.63) is 70.3 Å². The summed E-state index contributed by atoms with van der Waals surface area (Å²) in [5, 5.41) is 9.35. The summed E-state index contributed by atoms with van der Waals surface area (Å²) in [4.78, 5) is 42.8. The summed E-state index contributed by atoms with van der Waals surface area (Å²) in [5.74, 6) is 0.474. The predicted octanol–water partition coefficient (Wildman–Crippen LogP) is 5.22. The van der Waals surface area contributed by atoms with Crippen LogP contribution >= 0.6 is 23.5 Å². The van der Waals surface area contributed by atoms with Crippen LogP contribution in [0.1, 0.15) is 97.2 Å². The normalized spacial score (nSPS) is 12.9. The van der Waals surface area contributed by atoms with Gasteiger partial charge in [-0.1, -0.05) is 39.2 Å². The van der Waals surface area contributed by atoms with Crippen molar-refractivity contribution in [3.63, 3.8) is 0 Å². The van der Waals surface area contributed by atoms with Crippen LogP contribution in [-0.4, -0.2) is 73.5 Å². The molecular weight excluding hydrogens is 799 g/mol. The van der Waals surface area contributed by atoms with Gasteiger partial charge in [0.25, 0.3) is 11.8 Å². The minimum absolute atomic E-state index is 0.00727. The van der Waals surface area contributed by atoms with E-state index in [4.69, 9.17) is 44.9 Å². The molecule has 0 aromatic heterocycles. The van der Waals surface area contributed by atoms with E-state index in [1.165, 1.54) is 23.5 Å². The van der Waals surface area contributed by atoms with Crippen molar-refractivity contribution in [3.8, 4) is 0 Å². The molecule has 3 aromatic rings. The Morgan fingerprint density at radius 3 is 1.83 bits per heavy atom. The molecule has 16 nitrogen and oxygen atoms in total. The average Bonchev–Trinajstić information content (AvgIpc) is 3.17. The number of nitrogen functional groups attached to an aromatic ring is 2. The van der Waals surface area contributed by atoms with Crippen LogP contribution in [0.4, 0.5) is 22.7 Å². The molecule has 0 radical (unpaired) electrons. The fourth-order valence-corrected chi connectivity index (χ4v) is 8.27. The summed E-state index contributed by atoms with van der Waals surface area (Å²) < 4.78 is 6.64. The Labute approximate surface area is 363 Å². The molecule has 0 saturated carbocycles. The number of guanidine groups is 3. The third-order valence-electron chi connectivity index (χ3n) is 9.30. The molecular formula is C42H65N13O3S2. The van der Waals surface area contributed by atoms with Crippen LogP contribution in [0, 0.1) is 13.8 Å². The number of aryl methyl sites for hydroxylation is 2. The number of nitrogens with one attached hydrogen (secondary N) is 3. The summed E-state index contributed by atoms with van der Waals surface area (Å²) in [6.45, 7) is 13.3. The largest absolute Gasteiger partial charge is 0.398 e. The van der Waals surface area contributed by atoms with Gasteiger partial charge in [0.2, 0.25) is 0 Å². The number of thioether (sulfide) groups is 2. The van der Waals surface area contributed by atoms with Gasteiger partial charge in [0.1, 0.15) is 0 Å². The van der Waals surface area contributed by atoms with Gasteiger partial charge in [-0.25, -0.2) is 0 Å². The first-order chi connectivity index (χ1) is 28.5. The molecule has 60 heavy (non-hydrogen) atoms. The summed E-state index contributed by atoms with van der Waals surface area (Å²) in [6.07, 6.45) is 4.28. The summed E-state index contributed by atoms with van der Waals surface area (Å²) >= 11 is 2.84. The Morgan fingerprint density at radius 2 is 1.32 bits per heavy atom. The number of hydrogen-bond acceptors (Lipinski definition) is 10. The molecule has 2 unspecified atom stereocenters. The minimum Gasteiger partial charge on any atom is -0.398 e. The Bertz CT molecular complexity index is 2020. The summed E-state index contributed by atoms with van der Waals surface area (Å²) in [7, 11) is 0. The minimum atomic E-state index is -0.946. The molecule has 3 rings (SSSR count). The maximum absolute atomic E-state index is 14.7. The number of ether oxygens (including phenoxy) is 1.